The number of sulfone groups is 1. The van der Waals surface area contributed by atoms with E-state index >= 15 is 0 Å². The van der Waals surface area contributed by atoms with Gasteiger partial charge in [0.05, 0.1) is 33.6 Å². The van der Waals surface area contributed by atoms with Crippen LogP contribution in [0.1, 0.15) is 27.6 Å². The number of methoxy groups -OCH3 is 1. The Morgan fingerprint density at radius 1 is 1.03 bits per heavy atom. The van der Waals surface area contributed by atoms with E-state index in [0.29, 0.717) is 24.5 Å². The molecule has 0 unspecified atom stereocenters. The predicted octanol–water partition coefficient (Wildman–Crippen LogP) is 4.48. The van der Waals surface area contributed by atoms with Crippen molar-refractivity contribution in [3.8, 4) is 0 Å². The van der Waals surface area contributed by atoms with Crippen molar-refractivity contribution in [1.82, 2.24) is 5.32 Å². The molecule has 0 saturated carbocycles. The number of hydrogen-bond acceptors (Lipinski definition) is 6. The number of carbonyl (C=O) groups is 1. The molecule has 3 aromatic carbocycles. The Hall–Kier alpha value is -2.42. The Kier molecular flexibility index (Phi) is 8.51. The summed E-state index contributed by atoms with van der Waals surface area (Å²) < 4.78 is 30.5. The van der Waals surface area contributed by atoms with Gasteiger partial charge in [-0.2, -0.15) is 0 Å². The second-order valence-electron chi connectivity index (χ2n) is 7.31. The zero-order valence-electron chi connectivity index (χ0n) is 17.8. The predicted molar refractivity (Wildman–Crippen MR) is 128 cm³/mol. The summed E-state index contributed by atoms with van der Waals surface area (Å²) in [6, 6.07) is 17.5. The van der Waals surface area contributed by atoms with Gasteiger partial charge in [-0.3, -0.25) is 0 Å². The van der Waals surface area contributed by atoms with Gasteiger partial charge in [-0.25, -0.2) is 13.2 Å². The van der Waals surface area contributed by atoms with Crippen molar-refractivity contribution in [3.05, 3.63) is 93.5 Å². The standard InChI is InChI=1S/C24H23Cl2NO5S/c1-32-24(29)21-10-9-20(14-22(21)26)33(30,31)19-7-5-16(6-8-19)11-12-27-15-23(28)17-3-2-4-18(25)13-17/h2-10,13-14,23,27-28H,11-12,15H2,1H3/t23-/m1/s1. The average molecular weight is 508 g/mol. The van der Waals surface area contributed by atoms with E-state index in [0.717, 1.165) is 11.1 Å². The van der Waals surface area contributed by atoms with Crippen LogP contribution in [0.15, 0.2) is 76.5 Å². The Balaban J connectivity index is 1.59. The zero-order valence-corrected chi connectivity index (χ0v) is 20.1. The molecule has 3 rings (SSSR count). The second kappa shape index (κ2) is 11.1. The van der Waals surface area contributed by atoms with E-state index in [-0.39, 0.29) is 20.4 Å². The van der Waals surface area contributed by atoms with Crippen LogP contribution >= 0.6 is 23.2 Å². The molecule has 6 nitrogen and oxygen atoms in total. The van der Waals surface area contributed by atoms with E-state index in [9.17, 15) is 18.3 Å². The molecule has 33 heavy (non-hydrogen) atoms. The lowest BCUT2D eigenvalue weighted by Gasteiger charge is -2.13. The number of halogens is 2. The Morgan fingerprint density at radius 3 is 2.36 bits per heavy atom. The summed E-state index contributed by atoms with van der Waals surface area (Å²) in [6.45, 7) is 0.976. The van der Waals surface area contributed by atoms with E-state index in [1.54, 1.807) is 30.3 Å². The van der Waals surface area contributed by atoms with Crippen molar-refractivity contribution in [1.29, 1.82) is 0 Å². The van der Waals surface area contributed by atoms with E-state index < -0.39 is 21.9 Å². The third-order valence-electron chi connectivity index (χ3n) is 5.05. The lowest BCUT2D eigenvalue weighted by Crippen LogP contribution is -2.23. The number of rotatable bonds is 9. The normalized spacial score (nSPS) is 12.4. The Bertz CT molecular complexity index is 1230. The molecule has 2 N–H and O–H groups in total. The maximum absolute atomic E-state index is 12.9. The fourth-order valence-corrected chi connectivity index (χ4v) is 5.02. The van der Waals surface area contributed by atoms with Crippen molar-refractivity contribution >= 4 is 39.0 Å². The average Bonchev–Trinajstić information content (AvgIpc) is 2.81. The number of benzene rings is 3. The summed E-state index contributed by atoms with van der Waals surface area (Å²) in [6.07, 6.45) is -0.0176. The van der Waals surface area contributed by atoms with E-state index in [2.05, 4.69) is 10.1 Å². The molecule has 1 atom stereocenters. The van der Waals surface area contributed by atoms with Crippen molar-refractivity contribution in [2.75, 3.05) is 20.2 Å². The molecule has 0 saturated heterocycles. The van der Waals surface area contributed by atoms with Crippen LogP contribution in [0.3, 0.4) is 0 Å². The van der Waals surface area contributed by atoms with Crippen molar-refractivity contribution < 1.29 is 23.1 Å². The molecule has 0 heterocycles. The quantitative estimate of drug-likeness (QED) is 0.327. The monoisotopic (exact) mass is 507 g/mol. The molecule has 0 fully saturated rings. The number of ether oxygens (including phenoxy) is 1. The molecule has 174 valence electrons. The van der Waals surface area contributed by atoms with Crippen LogP contribution in [-0.2, 0) is 21.0 Å². The highest BCUT2D eigenvalue weighted by Gasteiger charge is 2.20. The van der Waals surface area contributed by atoms with Crippen molar-refractivity contribution in [2.24, 2.45) is 0 Å². The highest BCUT2D eigenvalue weighted by atomic mass is 35.5. The van der Waals surface area contributed by atoms with Crippen LogP contribution in [0.2, 0.25) is 10.0 Å². The van der Waals surface area contributed by atoms with Crippen LogP contribution < -0.4 is 5.32 Å². The number of aliphatic hydroxyl groups is 1. The largest absolute Gasteiger partial charge is 0.465 e. The minimum absolute atomic E-state index is 0.00517. The number of nitrogens with one attached hydrogen (secondary N) is 1. The fraction of sp³-hybridized carbons (Fsp3) is 0.208. The summed E-state index contributed by atoms with van der Waals surface area (Å²) in [4.78, 5) is 11.8. The first-order valence-corrected chi connectivity index (χ1v) is 12.3. The summed E-state index contributed by atoms with van der Waals surface area (Å²) in [7, 11) is -2.57. The smallest absolute Gasteiger partial charge is 0.339 e. The van der Waals surface area contributed by atoms with Gasteiger partial charge in [0.15, 0.2) is 0 Å². The molecule has 0 aromatic heterocycles. The molecular formula is C24H23Cl2NO5S. The van der Waals surface area contributed by atoms with Gasteiger partial charge in [0.1, 0.15) is 0 Å². The Labute approximate surface area is 203 Å². The highest BCUT2D eigenvalue weighted by molar-refractivity contribution is 7.91. The van der Waals surface area contributed by atoms with Crippen LogP contribution in [0.5, 0.6) is 0 Å². The molecule has 0 aliphatic heterocycles. The Morgan fingerprint density at radius 2 is 1.73 bits per heavy atom. The first-order valence-electron chi connectivity index (χ1n) is 10.1. The zero-order chi connectivity index (χ0) is 24.0. The first-order chi connectivity index (χ1) is 15.7. The summed E-state index contributed by atoms with van der Waals surface area (Å²) in [5.41, 5.74) is 1.78. The summed E-state index contributed by atoms with van der Waals surface area (Å²) >= 11 is 12.0. The van der Waals surface area contributed by atoms with Gasteiger partial charge in [-0.1, -0.05) is 47.5 Å². The minimum Gasteiger partial charge on any atom is -0.465 e. The third kappa shape index (κ3) is 6.34. The highest BCUT2D eigenvalue weighted by Crippen LogP contribution is 2.26. The fourth-order valence-electron chi connectivity index (χ4n) is 3.21. The lowest BCUT2D eigenvalue weighted by molar-refractivity contribution is 0.0601. The van der Waals surface area contributed by atoms with E-state index in [1.807, 2.05) is 6.07 Å². The van der Waals surface area contributed by atoms with E-state index in [1.165, 1.54) is 37.4 Å². The molecule has 3 aromatic rings. The van der Waals surface area contributed by atoms with Crippen molar-refractivity contribution in [2.45, 2.75) is 22.3 Å². The number of aliphatic hydroxyl groups excluding tert-OH is 1. The van der Waals surface area contributed by atoms with Gasteiger partial charge in [-0.15, -0.1) is 0 Å². The maximum Gasteiger partial charge on any atom is 0.339 e. The number of hydrogen-bond donors (Lipinski definition) is 2. The molecular weight excluding hydrogens is 485 g/mol. The lowest BCUT2D eigenvalue weighted by atomic mass is 10.1. The molecule has 0 aliphatic carbocycles. The van der Waals surface area contributed by atoms with Gasteiger partial charge >= 0.3 is 5.97 Å². The molecule has 0 radical (unpaired) electrons. The molecule has 9 heteroatoms. The second-order valence-corrected chi connectivity index (χ2v) is 10.1. The topological polar surface area (TPSA) is 92.7 Å². The van der Waals surface area contributed by atoms with Gasteiger partial charge in [0.2, 0.25) is 9.84 Å². The van der Waals surface area contributed by atoms with Crippen LogP contribution in [0.4, 0.5) is 0 Å². The van der Waals surface area contributed by atoms with Crippen molar-refractivity contribution in [3.63, 3.8) is 0 Å². The molecule has 0 amide bonds. The SMILES string of the molecule is COC(=O)c1ccc(S(=O)(=O)c2ccc(CCNC[C@@H](O)c3cccc(Cl)c3)cc2)cc1Cl. The van der Waals surface area contributed by atoms with E-state index in [4.69, 9.17) is 23.2 Å². The van der Waals surface area contributed by atoms with Gasteiger partial charge in [-0.05, 0) is 66.6 Å². The molecule has 0 spiro atoms. The number of esters is 1. The van der Waals surface area contributed by atoms with Gasteiger partial charge < -0.3 is 15.2 Å². The maximum atomic E-state index is 12.9. The van der Waals surface area contributed by atoms with Crippen LogP contribution in [0, 0.1) is 0 Å². The van der Waals surface area contributed by atoms with Gasteiger partial charge in [0.25, 0.3) is 0 Å². The minimum atomic E-state index is -3.79. The molecule has 0 aliphatic rings. The van der Waals surface area contributed by atoms with Gasteiger partial charge in [0, 0.05) is 11.6 Å². The first kappa shape index (κ1) is 25.2. The summed E-state index contributed by atoms with van der Waals surface area (Å²) in [5.74, 6) is -0.637. The number of carbonyl (C=O) groups excluding carboxylic acids is 1. The third-order valence-corrected chi connectivity index (χ3v) is 7.37. The van der Waals surface area contributed by atoms with Crippen LogP contribution in [0.25, 0.3) is 0 Å². The van der Waals surface area contributed by atoms with Crippen LogP contribution in [-0.4, -0.2) is 39.7 Å². The molecule has 0 bridgehead atoms. The summed E-state index contributed by atoms with van der Waals surface area (Å²) in [5, 5.41) is 14.0.